The van der Waals surface area contributed by atoms with Gasteiger partial charge in [0.25, 0.3) is 0 Å². The van der Waals surface area contributed by atoms with E-state index >= 15 is 0 Å². The van der Waals surface area contributed by atoms with Crippen LogP contribution in [0.15, 0.2) is 18.3 Å². The van der Waals surface area contributed by atoms with Gasteiger partial charge < -0.3 is 10.5 Å². The Kier molecular flexibility index (Phi) is 4.87. The highest BCUT2D eigenvalue weighted by Crippen LogP contribution is 2.16. The summed E-state index contributed by atoms with van der Waals surface area (Å²) in [5, 5.41) is 7.42. The van der Waals surface area contributed by atoms with Crippen LogP contribution in [0.3, 0.4) is 0 Å². The lowest BCUT2D eigenvalue weighted by molar-refractivity contribution is 0.00363. The van der Waals surface area contributed by atoms with Gasteiger partial charge in [0.1, 0.15) is 11.5 Å². The first-order chi connectivity index (χ1) is 9.19. The van der Waals surface area contributed by atoms with E-state index in [9.17, 15) is 0 Å². The molecule has 1 saturated heterocycles. The van der Waals surface area contributed by atoms with Crippen molar-refractivity contribution in [3.63, 3.8) is 0 Å². The third kappa shape index (κ3) is 4.01. The van der Waals surface area contributed by atoms with Gasteiger partial charge in [-0.15, -0.1) is 0 Å². The minimum absolute atomic E-state index is 0.0210. The zero-order valence-corrected chi connectivity index (χ0v) is 11.4. The van der Waals surface area contributed by atoms with E-state index in [0.29, 0.717) is 11.8 Å². The number of nitrogens with two attached hydrogens (primary N) is 1. The van der Waals surface area contributed by atoms with Crippen LogP contribution in [0.2, 0.25) is 0 Å². The highest BCUT2D eigenvalue weighted by molar-refractivity contribution is 5.93. The molecule has 0 spiro atoms. The topological polar surface area (TPSA) is 75.2 Å². The van der Waals surface area contributed by atoms with Crippen LogP contribution in [-0.2, 0) is 11.3 Å². The van der Waals surface area contributed by atoms with Crippen molar-refractivity contribution in [2.75, 3.05) is 19.7 Å². The standard InChI is InChI=1S/C14H22N4O/c1-2-19-12-4-3-7-18(10-12)9-11-5-6-17-13(8-11)14(15)16/h5-6,8,12H,2-4,7,9-10H2,1H3,(H3,15,16). The Hall–Kier alpha value is -1.46. The van der Waals surface area contributed by atoms with Crippen molar-refractivity contribution in [1.29, 1.82) is 5.41 Å². The summed E-state index contributed by atoms with van der Waals surface area (Å²) in [4.78, 5) is 6.48. The van der Waals surface area contributed by atoms with Crippen LogP contribution in [0.1, 0.15) is 31.0 Å². The molecule has 0 radical (unpaired) electrons. The fraction of sp³-hybridized carbons (Fsp3) is 0.571. The summed E-state index contributed by atoms with van der Waals surface area (Å²) in [6, 6.07) is 3.88. The summed E-state index contributed by atoms with van der Waals surface area (Å²) in [5.74, 6) is 0.0210. The molecule has 0 aliphatic carbocycles. The Morgan fingerprint density at radius 1 is 1.63 bits per heavy atom. The highest BCUT2D eigenvalue weighted by Gasteiger charge is 2.20. The number of piperidine rings is 1. The first-order valence-electron chi connectivity index (χ1n) is 6.82. The molecule has 0 bridgehead atoms. The SMILES string of the molecule is CCOC1CCCN(Cc2ccnc(C(=N)N)c2)C1. The summed E-state index contributed by atoms with van der Waals surface area (Å²) >= 11 is 0. The van der Waals surface area contributed by atoms with E-state index in [1.165, 1.54) is 6.42 Å². The first-order valence-corrected chi connectivity index (χ1v) is 6.82. The number of pyridine rings is 1. The van der Waals surface area contributed by atoms with Crippen LogP contribution < -0.4 is 5.73 Å². The van der Waals surface area contributed by atoms with Crippen LogP contribution >= 0.6 is 0 Å². The molecular formula is C14H22N4O. The number of aromatic nitrogens is 1. The first kappa shape index (κ1) is 14.0. The van der Waals surface area contributed by atoms with Gasteiger partial charge in [-0.3, -0.25) is 15.3 Å². The number of amidine groups is 1. The quantitative estimate of drug-likeness (QED) is 0.620. The summed E-state index contributed by atoms with van der Waals surface area (Å²) in [7, 11) is 0. The van der Waals surface area contributed by atoms with Crippen LogP contribution in [-0.4, -0.2) is 41.5 Å². The van der Waals surface area contributed by atoms with Crippen molar-refractivity contribution in [2.24, 2.45) is 5.73 Å². The molecule has 1 fully saturated rings. The zero-order valence-electron chi connectivity index (χ0n) is 11.4. The molecule has 2 rings (SSSR count). The fourth-order valence-corrected chi connectivity index (χ4v) is 2.51. The Labute approximate surface area is 114 Å². The lowest BCUT2D eigenvalue weighted by Crippen LogP contribution is -2.39. The summed E-state index contributed by atoms with van der Waals surface area (Å²) in [6.45, 7) is 5.77. The minimum atomic E-state index is 0.0210. The number of nitrogen functional groups attached to an aromatic ring is 1. The van der Waals surface area contributed by atoms with Crippen LogP contribution in [0, 0.1) is 5.41 Å². The average Bonchev–Trinajstić information content (AvgIpc) is 2.40. The Morgan fingerprint density at radius 3 is 3.21 bits per heavy atom. The molecule has 3 N–H and O–H groups in total. The monoisotopic (exact) mass is 262 g/mol. The van der Waals surface area contributed by atoms with Crippen molar-refractivity contribution < 1.29 is 4.74 Å². The molecule has 5 nitrogen and oxygen atoms in total. The number of hydrogen-bond donors (Lipinski definition) is 2. The molecule has 5 heteroatoms. The van der Waals surface area contributed by atoms with Gasteiger partial charge >= 0.3 is 0 Å². The van der Waals surface area contributed by atoms with Gasteiger partial charge in [-0.25, -0.2) is 0 Å². The molecule has 1 aromatic rings. The summed E-state index contributed by atoms with van der Waals surface area (Å²) in [5.41, 5.74) is 7.17. The van der Waals surface area contributed by atoms with E-state index in [1.54, 1.807) is 6.20 Å². The zero-order chi connectivity index (χ0) is 13.7. The molecule has 0 saturated carbocycles. The normalized spacial score (nSPS) is 20.4. The number of hydrogen-bond acceptors (Lipinski definition) is 4. The summed E-state index contributed by atoms with van der Waals surface area (Å²) in [6.07, 6.45) is 4.40. The van der Waals surface area contributed by atoms with Gasteiger partial charge in [0.15, 0.2) is 0 Å². The van der Waals surface area contributed by atoms with Crippen molar-refractivity contribution >= 4 is 5.84 Å². The number of ether oxygens (including phenoxy) is 1. The van der Waals surface area contributed by atoms with Gasteiger partial charge in [-0.2, -0.15) is 0 Å². The van der Waals surface area contributed by atoms with Crippen molar-refractivity contribution in [3.8, 4) is 0 Å². The predicted molar refractivity (Wildman–Crippen MR) is 75.2 cm³/mol. The molecule has 104 valence electrons. The third-order valence-corrected chi connectivity index (χ3v) is 3.37. The van der Waals surface area contributed by atoms with E-state index in [-0.39, 0.29) is 5.84 Å². The third-order valence-electron chi connectivity index (χ3n) is 3.37. The lowest BCUT2D eigenvalue weighted by Gasteiger charge is -2.32. The molecule has 1 atom stereocenters. The molecule has 1 aliphatic rings. The molecular weight excluding hydrogens is 240 g/mol. The summed E-state index contributed by atoms with van der Waals surface area (Å²) < 4.78 is 5.70. The van der Waals surface area contributed by atoms with Gasteiger partial charge in [-0.1, -0.05) is 0 Å². The molecule has 0 amide bonds. The molecule has 1 aromatic heterocycles. The molecule has 1 unspecified atom stereocenters. The Balaban J connectivity index is 1.96. The van der Waals surface area contributed by atoms with Gasteiger partial charge in [0, 0.05) is 25.9 Å². The van der Waals surface area contributed by atoms with E-state index in [1.807, 2.05) is 19.1 Å². The van der Waals surface area contributed by atoms with Crippen LogP contribution in [0.25, 0.3) is 0 Å². The Morgan fingerprint density at radius 2 is 2.47 bits per heavy atom. The second-order valence-electron chi connectivity index (χ2n) is 4.92. The largest absolute Gasteiger partial charge is 0.382 e. The molecule has 1 aliphatic heterocycles. The van der Waals surface area contributed by atoms with Crippen LogP contribution in [0.5, 0.6) is 0 Å². The van der Waals surface area contributed by atoms with E-state index in [0.717, 1.165) is 38.2 Å². The number of rotatable bonds is 5. The second-order valence-corrected chi connectivity index (χ2v) is 4.92. The van der Waals surface area contributed by atoms with Gasteiger partial charge in [-0.05, 0) is 44.0 Å². The molecule has 19 heavy (non-hydrogen) atoms. The van der Waals surface area contributed by atoms with Gasteiger partial charge in [0.05, 0.1) is 6.10 Å². The number of nitrogens with zero attached hydrogens (tertiary/aromatic N) is 2. The minimum Gasteiger partial charge on any atom is -0.382 e. The van der Waals surface area contributed by atoms with Crippen molar-refractivity contribution in [2.45, 2.75) is 32.4 Å². The van der Waals surface area contributed by atoms with Crippen LogP contribution in [0.4, 0.5) is 0 Å². The second kappa shape index (κ2) is 6.63. The van der Waals surface area contributed by atoms with E-state index < -0.39 is 0 Å². The lowest BCUT2D eigenvalue weighted by atomic mass is 10.1. The van der Waals surface area contributed by atoms with E-state index in [2.05, 4.69) is 9.88 Å². The molecule has 0 aromatic carbocycles. The maximum Gasteiger partial charge on any atom is 0.141 e. The predicted octanol–water partition coefficient (Wildman–Crippen LogP) is 1.37. The maximum atomic E-state index is 7.42. The fourth-order valence-electron chi connectivity index (χ4n) is 2.51. The highest BCUT2D eigenvalue weighted by atomic mass is 16.5. The Bertz CT molecular complexity index is 433. The van der Waals surface area contributed by atoms with Crippen molar-refractivity contribution in [3.05, 3.63) is 29.6 Å². The van der Waals surface area contributed by atoms with Gasteiger partial charge in [0.2, 0.25) is 0 Å². The van der Waals surface area contributed by atoms with Crippen molar-refractivity contribution in [1.82, 2.24) is 9.88 Å². The number of nitrogens with one attached hydrogen (secondary N) is 1. The van der Waals surface area contributed by atoms with E-state index in [4.69, 9.17) is 15.9 Å². The average molecular weight is 262 g/mol. The molecule has 2 heterocycles. The number of likely N-dealkylation sites (tertiary alicyclic amines) is 1. The smallest absolute Gasteiger partial charge is 0.141 e. The maximum absolute atomic E-state index is 7.42.